The first kappa shape index (κ1) is 17.4. The Morgan fingerprint density at radius 3 is 2.33 bits per heavy atom. The number of amides is 1. The summed E-state index contributed by atoms with van der Waals surface area (Å²) in [5.41, 5.74) is 1.73. The van der Waals surface area contributed by atoms with Crippen LogP contribution in [-0.4, -0.2) is 44.4 Å². The van der Waals surface area contributed by atoms with Gasteiger partial charge in [0.05, 0.1) is 4.90 Å². The van der Waals surface area contributed by atoms with Gasteiger partial charge in [-0.3, -0.25) is 4.79 Å². The monoisotopic (exact) mass is 351 g/mol. The molecular formula is C17H25N3O3S. The van der Waals surface area contributed by atoms with Crippen LogP contribution in [0, 0.1) is 13.8 Å². The molecule has 3 N–H and O–H groups in total. The molecule has 132 valence electrons. The van der Waals surface area contributed by atoms with E-state index in [-0.39, 0.29) is 16.8 Å². The standard InChI is InChI=1S/C17H25N3O3S/c1-10-6-12(7-16(11(10)2)24(18,22)23)17(21)20(3)15-8-13-4-5-14(9-15)19-13/h6-7,13-15,19H,4-5,8-9H2,1-3H3,(H2,18,22,23). The Morgan fingerprint density at radius 2 is 1.79 bits per heavy atom. The number of hydrogen-bond donors (Lipinski definition) is 2. The van der Waals surface area contributed by atoms with Gasteiger partial charge >= 0.3 is 0 Å². The quantitative estimate of drug-likeness (QED) is 0.859. The van der Waals surface area contributed by atoms with Crippen LogP contribution >= 0.6 is 0 Å². The number of rotatable bonds is 3. The molecule has 2 fully saturated rings. The second kappa shape index (κ2) is 6.13. The number of nitrogens with one attached hydrogen (secondary N) is 1. The Bertz CT molecular complexity index is 764. The lowest BCUT2D eigenvalue weighted by Gasteiger charge is -2.35. The van der Waals surface area contributed by atoms with Gasteiger partial charge in [-0.05, 0) is 62.8 Å². The molecule has 2 aliphatic heterocycles. The number of piperidine rings is 1. The number of nitrogens with zero attached hydrogens (tertiary/aromatic N) is 1. The molecule has 24 heavy (non-hydrogen) atoms. The minimum Gasteiger partial charge on any atom is -0.339 e. The van der Waals surface area contributed by atoms with E-state index in [9.17, 15) is 13.2 Å². The zero-order valence-corrected chi connectivity index (χ0v) is 15.2. The van der Waals surface area contributed by atoms with E-state index in [1.54, 1.807) is 24.8 Å². The summed E-state index contributed by atoms with van der Waals surface area (Å²) in [5.74, 6) is -0.144. The van der Waals surface area contributed by atoms with Crippen LogP contribution in [0.3, 0.4) is 0 Å². The number of benzene rings is 1. The third kappa shape index (κ3) is 3.20. The maximum Gasteiger partial charge on any atom is 0.253 e. The molecule has 2 saturated heterocycles. The summed E-state index contributed by atoms with van der Waals surface area (Å²) in [7, 11) is -2.04. The summed E-state index contributed by atoms with van der Waals surface area (Å²) >= 11 is 0. The molecule has 1 aromatic carbocycles. The second-order valence-electron chi connectivity index (χ2n) is 7.14. The molecule has 2 aliphatic rings. The van der Waals surface area contributed by atoms with E-state index in [1.807, 2.05) is 7.05 Å². The van der Waals surface area contributed by atoms with Gasteiger partial charge < -0.3 is 10.2 Å². The van der Waals surface area contributed by atoms with Crippen LogP contribution in [0.1, 0.15) is 47.2 Å². The van der Waals surface area contributed by atoms with Gasteiger partial charge in [0.2, 0.25) is 10.0 Å². The highest BCUT2D eigenvalue weighted by Crippen LogP contribution is 2.30. The summed E-state index contributed by atoms with van der Waals surface area (Å²) in [4.78, 5) is 14.7. The molecule has 3 rings (SSSR count). The first-order chi connectivity index (χ1) is 11.2. The molecule has 0 aliphatic carbocycles. The van der Waals surface area contributed by atoms with Gasteiger partial charge in [-0.15, -0.1) is 0 Å². The molecule has 7 heteroatoms. The maximum absolute atomic E-state index is 12.9. The van der Waals surface area contributed by atoms with E-state index in [0.717, 1.165) is 18.4 Å². The summed E-state index contributed by atoms with van der Waals surface area (Å²) in [5, 5.41) is 8.86. The third-order valence-electron chi connectivity index (χ3n) is 5.49. The van der Waals surface area contributed by atoms with Gasteiger partial charge in [-0.1, -0.05) is 0 Å². The lowest BCUT2D eigenvalue weighted by molar-refractivity contribution is 0.0681. The fourth-order valence-corrected chi connectivity index (χ4v) is 4.84. The number of hydrogen-bond acceptors (Lipinski definition) is 4. The molecule has 0 aromatic heterocycles. The minimum absolute atomic E-state index is 0.0321. The van der Waals surface area contributed by atoms with E-state index in [1.165, 1.54) is 18.9 Å². The van der Waals surface area contributed by atoms with Crippen LogP contribution in [0.4, 0.5) is 0 Å². The molecule has 0 radical (unpaired) electrons. The van der Waals surface area contributed by atoms with Crippen molar-refractivity contribution in [3.05, 3.63) is 28.8 Å². The van der Waals surface area contributed by atoms with Gasteiger partial charge in [0, 0.05) is 30.7 Å². The van der Waals surface area contributed by atoms with Crippen molar-refractivity contribution in [2.75, 3.05) is 7.05 Å². The molecular weight excluding hydrogens is 326 g/mol. The fraction of sp³-hybridized carbons (Fsp3) is 0.588. The first-order valence-corrected chi connectivity index (χ1v) is 9.88. The fourth-order valence-electron chi connectivity index (χ4n) is 3.96. The van der Waals surface area contributed by atoms with Gasteiger partial charge in [0.15, 0.2) is 0 Å². The lowest BCUT2D eigenvalue weighted by atomic mass is 9.97. The average Bonchev–Trinajstić information content (AvgIpc) is 2.85. The number of carbonyl (C=O) groups excluding carboxylic acids is 1. The van der Waals surface area contributed by atoms with Gasteiger partial charge in [0.25, 0.3) is 5.91 Å². The summed E-state index contributed by atoms with van der Waals surface area (Å²) in [6, 6.07) is 4.33. The predicted molar refractivity (Wildman–Crippen MR) is 92.4 cm³/mol. The number of nitrogens with two attached hydrogens (primary N) is 1. The number of sulfonamides is 1. The number of carbonyl (C=O) groups is 1. The van der Waals surface area contributed by atoms with Crippen LogP contribution < -0.4 is 10.5 Å². The van der Waals surface area contributed by atoms with Crippen LogP contribution in [0.15, 0.2) is 17.0 Å². The van der Waals surface area contributed by atoms with Crippen molar-refractivity contribution in [3.8, 4) is 0 Å². The average molecular weight is 351 g/mol. The van der Waals surface area contributed by atoms with E-state index >= 15 is 0 Å². The van der Waals surface area contributed by atoms with Gasteiger partial charge in [-0.25, -0.2) is 13.6 Å². The Morgan fingerprint density at radius 1 is 1.21 bits per heavy atom. The zero-order chi connectivity index (χ0) is 17.6. The van der Waals surface area contributed by atoms with Crippen molar-refractivity contribution in [1.82, 2.24) is 10.2 Å². The highest BCUT2D eigenvalue weighted by molar-refractivity contribution is 7.89. The molecule has 2 heterocycles. The highest BCUT2D eigenvalue weighted by atomic mass is 32.2. The summed E-state index contributed by atoms with van der Waals surface area (Å²) in [6.07, 6.45) is 4.24. The molecule has 0 spiro atoms. The second-order valence-corrected chi connectivity index (χ2v) is 8.67. The Hall–Kier alpha value is -1.44. The van der Waals surface area contributed by atoms with Crippen LogP contribution in [0.5, 0.6) is 0 Å². The third-order valence-corrected chi connectivity index (χ3v) is 6.53. The largest absolute Gasteiger partial charge is 0.339 e. The van der Waals surface area contributed by atoms with E-state index in [4.69, 9.17) is 5.14 Å². The predicted octanol–water partition coefficient (Wildman–Crippen LogP) is 1.31. The van der Waals surface area contributed by atoms with Crippen molar-refractivity contribution in [2.24, 2.45) is 5.14 Å². The van der Waals surface area contributed by atoms with Gasteiger partial charge in [-0.2, -0.15) is 0 Å². The van der Waals surface area contributed by atoms with E-state index in [0.29, 0.717) is 23.2 Å². The Kier molecular flexibility index (Phi) is 4.44. The van der Waals surface area contributed by atoms with Crippen molar-refractivity contribution in [2.45, 2.75) is 62.6 Å². The lowest BCUT2D eigenvalue weighted by Crippen LogP contribution is -2.48. The van der Waals surface area contributed by atoms with E-state index < -0.39 is 10.0 Å². The zero-order valence-electron chi connectivity index (χ0n) is 14.4. The van der Waals surface area contributed by atoms with Crippen LogP contribution in [0.2, 0.25) is 0 Å². The summed E-state index contributed by atoms with van der Waals surface area (Å²) in [6.45, 7) is 3.50. The normalized spacial score (nSPS) is 26.4. The van der Waals surface area contributed by atoms with Crippen LogP contribution in [0.25, 0.3) is 0 Å². The number of fused-ring (bicyclic) bond motifs is 2. The molecule has 2 unspecified atom stereocenters. The van der Waals surface area contributed by atoms with Crippen molar-refractivity contribution < 1.29 is 13.2 Å². The molecule has 2 bridgehead atoms. The molecule has 0 saturated carbocycles. The number of aryl methyl sites for hydroxylation is 1. The molecule has 6 nitrogen and oxygen atoms in total. The van der Waals surface area contributed by atoms with Gasteiger partial charge in [0.1, 0.15) is 0 Å². The van der Waals surface area contributed by atoms with E-state index in [2.05, 4.69) is 5.32 Å². The molecule has 2 atom stereocenters. The highest BCUT2D eigenvalue weighted by Gasteiger charge is 2.36. The van der Waals surface area contributed by atoms with Crippen molar-refractivity contribution in [3.63, 3.8) is 0 Å². The SMILES string of the molecule is Cc1cc(C(=O)N(C)C2CC3CCC(C2)N3)cc(S(N)(=O)=O)c1C. The molecule has 1 amide bonds. The number of primary sulfonamides is 1. The Labute approximate surface area is 143 Å². The van der Waals surface area contributed by atoms with Crippen LogP contribution in [-0.2, 0) is 10.0 Å². The minimum atomic E-state index is -3.85. The smallest absolute Gasteiger partial charge is 0.253 e. The topological polar surface area (TPSA) is 92.5 Å². The maximum atomic E-state index is 12.9. The van der Waals surface area contributed by atoms with Crippen molar-refractivity contribution in [1.29, 1.82) is 0 Å². The molecule has 1 aromatic rings. The van der Waals surface area contributed by atoms with Crippen molar-refractivity contribution >= 4 is 15.9 Å². The first-order valence-electron chi connectivity index (χ1n) is 8.34. The summed E-state index contributed by atoms with van der Waals surface area (Å²) < 4.78 is 23.6. The Balaban J connectivity index is 1.88.